The third-order valence-electron chi connectivity index (χ3n) is 2.05. The Kier molecular flexibility index (Phi) is 5.56. The lowest BCUT2D eigenvalue weighted by atomic mass is 10.2. The second-order valence-electron chi connectivity index (χ2n) is 3.48. The lowest BCUT2D eigenvalue weighted by molar-refractivity contribution is -0.139. The molecule has 1 aliphatic rings. The maximum absolute atomic E-state index is 10.2. The van der Waals surface area contributed by atoms with Gasteiger partial charge in [0.15, 0.2) is 0 Å². The summed E-state index contributed by atoms with van der Waals surface area (Å²) in [5, 5.41) is 20.6. The van der Waals surface area contributed by atoms with Crippen LogP contribution in [0.3, 0.4) is 0 Å². The summed E-state index contributed by atoms with van der Waals surface area (Å²) >= 11 is 0. The normalized spacial score (nSPS) is 23.7. The number of hydrogen-bond donors (Lipinski definition) is 3. The van der Waals surface area contributed by atoms with Gasteiger partial charge in [-0.3, -0.25) is 4.79 Å². The predicted molar refractivity (Wildman–Crippen MR) is 51.7 cm³/mol. The van der Waals surface area contributed by atoms with Crippen molar-refractivity contribution in [3.63, 3.8) is 0 Å². The number of carbonyl (C=O) groups is 1. The highest BCUT2D eigenvalue weighted by Gasteiger charge is 2.15. The molecule has 0 aromatic rings. The van der Waals surface area contributed by atoms with Crippen molar-refractivity contribution in [2.24, 2.45) is 0 Å². The highest BCUT2D eigenvalue weighted by Crippen LogP contribution is 1.99. The van der Waals surface area contributed by atoms with Crippen LogP contribution in [0, 0.1) is 0 Å². The van der Waals surface area contributed by atoms with Crippen molar-refractivity contribution >= 4 is 5.97 Å². The van der Waals surface area contributed by atoms with E-state index in [1.165, 1.54) is 0 Å². The van der Waals surface area contributed by atoms with Crippen LogP contribution in [0.15, 0.2) is 0 Å². The monoisotopic (exact) mass is 219 g/mol. The maximum atomic E-state index is 10.2. The summed E-state index contributed by atoms with van der Waals surface area (Å²) in [7, 11) is 0. The van der Waals surface area contributed by atoms with Gasteiger partial charge in [-0.1, -0.05) is 0 Å². The molecule has 0 radical (unpaired) electrons. The lowest BCUT2D eigenvalue weighted by Crippen LogP contribution is -2.40. The average molecular weight is 219 g/mol. The Morgan fingerprint density at radius 3 is 2.93 bits per heavy atom. The average Bonchev–Trinajstić information content (AvgIpc) is 2.18. The maximum Gasteiger partial charge on any atom is 0.306 e. The number of hydrogen-bond acceptors (Lipinski definition) is 5. The third-order valence-corrected chi connectivity index (χ3v) is 2.05. The van der Waals surface area contributed by atoms with Crippen LogP contribution < -0.4 is 5.32 Å². The van der Waals surface area contributed by atoms with E-state index in [4.69, 9.17) is 14.6 Å². The minimum atomic E-state index is -0.999. The number of rotatable bonds is 6. The van der Waals surface area contributed by atoms with Crippen LogP contribution in [0.5, 0.6) is 0 Å². The van der Waals surface area contributed by atoms with Gasteiger partial charge in [-0.15, -0.1) is 0 Å². The minimum Gasteiger partial charge on any atom is -0.481 e. The second kappa shape index (κ2) is 6.73. The Morgan fingerprint density at radius 2 is 2.33 bits per heavy atom. The molecule has 0 aromatic heterocycles. The molecule has 0 amide bonds. The zero-order valence-electron chi connectivity index (χ0n) is 8.52. The standard InChI is InChI=1S/C9H17NO5/c11-7(3-9(12)13)4-10-5-8-6-14-1-2-15-8/h7-8,10-11H,1-6H2,(H,12,13). The topological polar surface area (TPSA) is 88.0 Å². The summed E-state index contributed by atoms with van der Waals surface area (Å²) in [5.41, 5.74) is 0. The van der Waals surface area contributed by atoms with Crippen LogP contribution >= 0.6 is 0 Å². The number of carboxylic acid groups (broad SMARTS) is 1. The Hall–Kier alpha value is -0.690. The summed E-state index contributed by atoms with van der Waals surface area (Å²) in [6.07, 6.45) is -1.10. The predicted octanol–water partition coefficient (Wildman–Crippen LogP) is -1.17. The van der Waals surface area contributed by atoms with Crippen molar-refractivity contribution in [1.82, 2.24) is 5.32 Å². The van der Waals surface area contributed by atoms with Crippen molar-refractivity contribution in [2.45, 2.75) is 18.6 Å². The Morgan fingerprint density at radius 1 is 1.53 bits per heavy atom. The molecule has 3 N–H and O–H groups in total. The zero-order valence-corrected chi connectivity index (χ0v) is 8.52. The number of nitrogens with one attached hydrogen (secondary N) is 1. The van der Waals surface area contributed by atoms with Gasteiger partial charge in [0, 0.05) is 13.1 Å². The molecule has 0 bridgehead atoms. The minimum absolute atomic E-state index is 0.00391. The number of aliphatic carboxylic acids is 1. The summed E-state index contributed by atoms with van der Waals surface area (Å²) in [5.74, 6) is -0.999. The molecule has 1 rings (SSSR count). The van der Waals surface area contributed by atoms with Gasteiger partial charge in [0.2, 0.25) is 0 Å². The van der Waals surface area contributed by atoms with Gasteiger partial charge in [-0.25, -0.2) is 0 Å². The molecule has 2 atom stereocenters. The van der Waals surface area contributed by atoms with Crippen LogP contribution in [0.2, 0.25) is 0 Å². The van der Waals surface area contributed by atoms with E-state index in [9.17, 15) is 9.90 Å². The van der Waals surface area contributed by atoms with Crippen molar-refractivity contribution in [3.05, 3.63) is 0 Å². The molecule has 1 aliphatic heterocycles. The van der Waals surface area contributed by atoms with E-state index < -0.39 is 12.1 Å². The lowest BCUT2D eigenvalue weighted by Gasteiger charge is -2.23. The van der Waals surface area contributed by atoms with Gasteiger partial charge in [0.05, 0.1) is 38.4 Å². The fourth-order valence-electron chi connectivity index (χ4n) is 1.34. The van der Waals surface area contributed by atoms with Crippen molar-refractivity contribution < 1.29 is 24.5 Å². The van der Waals surface area contributed by atoms with Gasteiger partial charge in [0.1, 0.15) is 0 Å². The van der Waals surface area contributed by atoms with E-state index in [1.807, 2.05) is 0 Å². The first kappa shape index (κ1) is 12.4. The van der Waals surface area contributed by atoms with Gasteiger partial charge in [-0.05, 0) is 0 Å². The number of aliphatic hydroxyl groups excluding tert-OH is 1. The quantitative estimate of drug-likeness (QED) is 0.521. The molecular weight excluding hydrogens is 202 g/mol. The molecule has 0 aliphatic carbocycles. The van der Waals surface area contributed by atoms with E-state index in [2.05, 4.69) is 5.32 Å². The van der Waals surface area contributed by atoms with Gasteiger partial charge in [-0.2, -0.15) is 0 Å². The van der Waals surface area contributed by atoms with Crippen molar-refractivity contribution in [3.8, 4) is 0 Å². The molecule has 1 fully saturated rings. The first-order valence-corrected chi connectivity index (χ1v) is 4.98. The number of ether oxygens (including phenoxy) is 2. The smallest absolute Gasteiger partial charge is 0.306 e. The van der Waals surface area contributed by atoms with E-state index in [0.717, 1.165) is 0 Å². The Balaban J connectivity index is 2.02. The molecule has 0 spiro atoms. The molecule has 0 saturated carbocycles. The molecule has 1 saturated heterocycles. The molecule has 6 nitrogen and oxygen atoms in total. The van der Waals surface area contributed by atoms with E-state index in [1.54, 1.807) is 0 Å². The van der Waals surface area contributed by atoms with Gasteiger partial charge >= 0.3 is 5.97 Å². The molecular formula is C9H17NO5. The summed E-state index contributed by atoms with van der Waals surface area (Å²) in [6.45, 7) is 2.58. The summed E-state index contributed by atoms with van der Waals surface area (Å²) in [6, 6.07) is 0. The number of carboxylic acids is 1. The van der Waals surface area contributed by atoms with Crippen LogP contribution in [0.25, 0.3) is 0 Å². The molecule has 0 aromatic carbocycles. The van der Waals surface area contributed by atoms with Crippen molar-refractivity contribution in [1.29, 1.82) is 0 Å². The first-order valence-electron chi connectivity index (χ1n) is 4.98. The van der Waals surface area contributed by atoms with E-state index in [0.29, 0.717) is 26.4 Å². The van der Waals surface area contributed by atoms with Crippen LogP contribution in [-0.2, 0) is 14.3 Å². The fraction of sp³-hybridized carbons (Fsp3) is 0.889. The summed E-state index contributed by atoms with van der Waals surface area (Å²) < 4.78 is 10.5. The largest absolute Gasteiger partial charge is 0.481 e. The summed E-state index contributed by atoms with van der Waals surface area (Å²) in [4.78, 5) is 10.2. The molecule has 6 heteroatoms. The van der Waals surface area contributed by atoms with Crippen LogP contribution in [-0.4, -0.2) is 61.3 Å². The Bertz CT molecular complexity index is 193. The number of aliphatic hydroxyl groups is 1. The molecule has 15 heavy (non-hydrogen) atoms. The fourth-order valence-corrected chi connectivity index (χ4v) is 1.34. The van der Waals surface area contributed by atoms with Gasteiger partial charge < -0.3 is 25.0 Å². The van der Waals surface area contributed by atoms with Crippen LogP contribution in [0.1, 0.15) is 6.42 Å². The first-order chi connectivity index (χ1) is 7.18. The highest BCUT2D eigenvalue weighted by molar-refractivity contribution is 5.67. The second-order valence-corrected chi connectivity index (χ2v) is 3.48. The SMILES string of the molecule is O=C(O)CC(O)CNCC1COCCO1. The Labute approximate surface area is 88.2 Å². The van der Waals surface area contributed by atoms with E-state index >= 15 is 0 Å². The van der Waals surface area contributed by atoms with Crippen molar-refractivity contribution in [2.75, 3.05) is 32.9 Å². The highest BCUT2D eigenvalue weighted by atomic mass is 16.6. The zero-order chi connectivity index (χ0) is 11.1. The van der Waals surface area contributed by atoms with Crippen LogP contribution in [0.4, 0.5) is 0 Å². The van der Waals surface area contributed by atoms with E-state index in [-0.39, 0.29) is 19.1 Å². The molecule has 88 valence electrons. The molecule has 1 heterocycles. The molecule has 2 unspecified atom stereocenters. The van der Waals surface area contributed by atoms with Gasteiger partial charge in [0.25, 0.3) is 0 Å². The third kappa shape index (κ3) is 5.68.